The average molecular weight is 281 g/mol. The van der Waals surface area contributed by atoms with E-state index in [0.717, 1.165) is 22.6 Å². The lowest BCUT2D eigenvalue weighted by Gasteiger charge is -2.10. The van der Waals surface area contributed by atoms with Crippen molar-refractivity contribution >= 4 is 28.9 Å². The van der Waals surface area contributed by atoms with Crippen LogP contribution in [0.1, 0.15) is 17.0 Å². The first kappa shape index (κ1) is 13.2. The summed E-state index contributed by atoms with van der Waals surface area (Å²) in [6, 6.07) is 9.55. The summed E-state index contributed by atoms with van der Waals surface area (Å²) in [5, 5.41) is 4.63. The van der Waals surface area contributed by atoms with Gasteiger partial charge in [-0.3, -0.25) is 4.98 Å². The van der Waals surface area contributed by atoms with Crippen molar-refractivity contribution in [3.05, 3.63) is 57.3 Å². The van der Waals surface area contributed by atoms with Gasteiger partial charge >= 0.3 is 0 Å². The number of aryl methyl sites for hydroxylation is 2. The molecule has 2 aromatic rings. The highest BCUT2D eigenvalue weighted by Gasteiger charge is 2.01. The topological polar surface area (TPSA) is 24.9 Å². The maximum atomic E-state index is 5.96. The van der Waals surface area contributed by atoms with Crippen molar-refractivity contribution in [3.63, 3.8) is 0 Å². The van der Waals surface area contributed by atoms with E-state index < -0.39 is 0 Å². The Morgan fingerprint density at radius 1 is 1.06 bits per heavy atom. The second kappa shape index (κ2) is 5.59. The van der Waals surface area contributed by atoms with Crippen LogP contribution in [0.4, 0.5) is 5.69 Å². The van der Waals surface area contributed by atoms with E-state index in [9.17, 15) is 0 Å². The zero-order valence-corrected chi connectivity index (χ0v) is 11.8. The van der Waals surface area contributed by atoms with E-state index in [2.05, 4.69) is 10.3 Å². The Morgan fingerprint density at radius 2 is 1.72 bits per heavy atom. The maximum absolute atomic E-state index is 5.96. The lowest BCUT2D eigenvalue weighted by molar-refractivity contribution is 1.08. The van der Waals surface area contributed by atoms with Gasteiger partial charge in [-0.15, -0.1) is 0 Å². The molecular formula is C14H14Cl2N2. The molecule has 1 N–H and O–H groups in total. The van der Waals surface area contributed by atoms with Crippen LogP contribution in [-0.4, -0.2) is 4.98 Å². The number of hydrogen-bond donors (Lipinski definition) is 1. The molecule has 2 nitrogen and oxygen atoms in total. The minimum absolute atomic E-state index is 0.651. The largest absolute Gasteiger partial charge is 0.380 e. The highest BCUT2D eigenvalue weighted by atomic mass is 35.5. The Hall–Kier alpha value is -1.25. The molecule has 0 fully saturated rings. The molecule has 0 unspecified atom stereocenters. The summed E-state index contributed by atoms with van der Waals surface area (Å²) in [6.45, 7) is 4.64. The van der Waals surface area contributed by atoms with Gasteiger partial charge < -0.3 is 5.32 Å². The van der Waals surface area contributed by atoms with Crippen LogP contribution in [0.2, 0.25) is 10.0 Å². The van der Waals surface area contributed by atoms with Crippen LogP contribution < -0.4 is 5.32 Å². The molecule has 0 saturated carbocycles. The van der Waals surface area contributed by atoms with Gasteiger partial charge in [-0.1, -0.05) is 23.2 Å². The molecule has 1 aromatic carbocycles. The zero-order chi connectivity index (χ0) is 13.1. The Bertz CT molecular complexity index is 547. The van der Waals surface area contributed by atoms with Crippen molar-refractivity contribution in [2.75, 3.05) is 5.32 Å². The number of halogens is 2. The van der Waals surface area contributed by atoms with Crippen molar-refractivity contribution in [3.8, 4) is 0 Å². The number of aromatic nitrogens is 1. The molecule has 1 heterocycles. The minimum Gasteiger partial charge on any atom is -0.380 e. The van der Waals surface area contributed by atoms with E-state index in [-0.39, 0.29) is 0 Å². The van der Waals surface area contributed by atoms with Crippen LogP contribution in [0.15, 0.2) is 30.3 Å². The highest BCUT2D eigenvalue weighted by molar-refractivity contribution is 6.34. The van der Waals surface area contributed by atoms with Crippen molar-refractivity contribution in [2.45, 2.75) is 20.4 Å². The van der Waals surface area contributed by atoms with Gasteiger partial charge in [0, 0.05) is 22.3 Å². The van der Waals surface area contributed by atoms with Gasteiger partial charge in [0.2, 0.25) is 0 Å². The smallest absolute Gasteiger partial charge is 0.0606 e. The molecule has 0 aliphatic heterocycles. The first-order valence-electron chi connectivity index (χ1n) is 5.68. The summed E-state index contributed by atoms with van der Waals surface area (Å²) >= 11 is 11.9. The summed E-state index contributed by atoms with van der Waals surface area (Å²) in [5.74, 6) is 0. The molecule has 0 atom stereocenters. The zero-order valence-electron chi connectivity index (χ0n) is 10.3. The summed E-state index contributed by atoms with van der Waals surface area (Å²) in [6.07, 6.45) is 0. The SMILES string of the molecule is Cc1ccc(NCc2cc(Cl)cc(Cl)c2)c(C)n1. The molecule has 0 spiro atoms. The van der Waals surface area contributed by atoms with Gasteiger partial charge in [0.25, 0.3) is 0 Å². The Morgan fingerprint density at radius 3 is 2.33 bits per heavy atom. The fraction of sp³-hybridized carbons (Fsp3) is 0.214. The van der Waals surface area contributed by atoms with E-state index in [1.54, 1.807) is 6.07 Å². The second-order valence-corrected chi connectivity index (χ2v) is 5.09. The van der Waals surface area contributed by atoms with Crippen molar-refractivity contribution in [1.82, 2.24) is 4.98 Å². The average Bonchev–Trinajstić information content (AvgIpc) is 2.26. The molecule has 0 bridgehead atoms. The summed E-state index contributed by atoms with van der Waals surface area (Å²) in [7, 11) is 0. The molecule has 0 radical (unpaired) electrons. The van der Waals surface area contributed by atoms with Gasteiger partial charge in [0.15, 0.2) is 0 Å². The quantitative estimate of drug-likeness (QED) is 0.888. The number of nitrogens with zero attached hydrogens (tertiary/aromatic N) is 1. The number of rotatable bonds is 3. The predicted molar refractivity (Wildman–Crippen MR) is 77.5 cm³/mol. The van der Waals surface area contributed by atoms with Crippen LogP contribution in [0.5, 0.6) is 0 Å². The van der Waals surface area contributed by atoms with Crippen LogP contribution in [0, 0.1) is 13.8 Å². The summed E-state index contributed by atoms with van der Waals surface area (Å²) in [5.41, 5.74) is 4.08. The summed E-state index contributed by atoms with van der Waals surface area (Å²) < 4.78 is 0. The molecule has 0 aliphatic rings. The van der Waals surface area contributed by atoms with Crippen LogP contribution in [-0.2, 0) is 6.54 Å². The number of pyridine rings is 1. The molecule has 1 aromatic heterocycles. The van der Waals surface area contributed by atoms with E-state index >= 15 is 0 Å². The monoisotopic (exact) mass is 280 g/mol. The highest BCUT2D eigenvalue weighted by Crippen LogP contribution is 2.20. The van der Waals surface area contributed by atoms with Crippen LogP contribution in [0.3, 0.4) is 0 Å². The standard InChI is InChI=1S/C14H14Cl2N2/c1-9-3-4-14(10(2)18-9)17-8-11-5-12(15)7-13(16)6-11/h3-7,17H,8H2,1-2H3. The van der Waals surface area contributed by atoms with Crippen LogP contribution >= 0.6 is 23.2 Å². The Balaban J connectivity index is 2.11. The fourth-order valence-electron chi connectivity index (χ4n) is 1.78. The first-order chi connectivity index (χ1) is 8.54. The van der Waals surface area contributed by atoms with E-state index in [0.29, 0.717) is 16.6 Å². The van der Waals surface area contributed by atoms with Gasteiger partial charge in [-0.25, -0.2) is 0 Å². The molecule has 18 heavy (non-hydrogen) atoms. The normalized spacial score (nSPS) is 10.4. The second-order valence-electron chi connectivity index (χ2n) is 4.22. The van der Waals surface area contributed by atoms with Gasteiger partial charge in [0.1, 0.15) is 0 Å². The Kier molecular flexibility index (Phi) is 4.10. The number of hydrogen-bond acceptors (Lipinski definition) is 2. The molecule has 2 rings (SSSR count). The molecule has 0 amide bonds. The number of anilines is 1. The molecule has 94 valence electrons. The van der Waals surface area contributed by atoms with Gasteiger partial charge in [-0.05, 0) is 49.7 Å². The third-order valence-electron chi connectivity index (χ3n) is 2.63. The fourth-order valence-corrected chi connectivity index (χ4v) is 2.35. The number of nitrogens with one attached hydrogen (secondary N) is 1. The summed E-state index contributed by atoms with van der Waals surface area (Å²) in [4.78, 5) is 4.41. The van der Waals surface area contributed by atoms with Crippen molar-refractivity contribution < 1.29 is 0 Å². The van der Waals surface area contributed by atoms with Gasteiger partial charge in [-0.2, -0.15) is 0 Å². The predicted octanol–water partition coefficient (Wildman–Crippen LogP) is 4.62. The van der Waals surface area contributed by atoms with E-state index in [1.807, 2.05) is 38.1 Å². The third-order valence-corrected chi connectivity index (χ3v) is 3.07. The van der Waals surface area contributed by atoms with E-state index in [1.165, 1.54) is 0 Å². The molecule has 0 saturated heterocycles. The maximum Gasteiger partial charge on any atom is 0.0606 e. The third kappa shape index (κ3) is 3.37. The van der Waals surface area contributed by atoms with Crippen molar-refractivity contribution in [2.24, 2.45) is 0 Å². The molecule has 0 aliphatic carbocycles. The minimum atomic E-state index is 0.651. The first-order valence-corrected chi connectivity index (χ1v) is 6.43. The number of benzene rings is 1. The van der Waals surface area contributed by atoms with Crippen LogP contribution in [0.25, 0.3) is 0 Å². The molecular weight excluding hydrogens is 267 g/mol. The Labute approximate surface area is 117 Å². The van der Waals surface area contributed by atoms with E-state index in [4.69, 9.17) is 23.2 Å². The van der Waals surface area contributed by atoms with Crippen molar-refractivity contribution in [1.29, 1.82) is 0 Å². The lowest BCUT2D eigenvalue weighted by atomic mass is 10.2. The lowest BCUT2D eigenvalue weighted by Crippen LogP contribution is -2.02. The van der Waals surface area contributed by atoms with Gasteiger partial charge in [0.05, 0.1) is 11.4 Å². The molecule has 4 heteroatoms.